The van der Waals surface area contributed by atoms with Crippen LogP contribution in [0.3, 0.4) is 0 Å². The molecule has 1 heterocycles. The van der Waals surface area contributed by atoms with E-state index in [1.165, 1.54) is 6.07 Å². The molecule has 0 saturated heterocycles. The van der Waals surface area contributed by atoms with Crippen LogP contribution in [-0.2, 0) is 17.6 Å². The first-order chi connectivity index (χ1) is 6.66. The molecule has 1 aliphatic rings. The van der Waals surface area contributed by atoms with Crippen molar-refractivity contribution in [3.8, 4) is 0 Å². The van der Waals surface area contributed by atoms with E-state index in [0.717, 1.165) is 17.7 Å². The van der Waals surface area contributed by atoms with Crippen LogP contribution in [0.5, 0.6) is 0 Å². The molecule has 5 heteroatoms. The fourth-order valence-electron chi connectivity index (χ4n) is 1.78. The maximum Gasteiger partial charge on any atom is 0.264 e. The lowest BCUT2D eigenvalue weighted by atomic mass is 9.86. The molecule has 0 saturated carbocycles. The van der Waals surface area contributed by atoms with Crippen molar-refractivity contribution in [2.24, 2.45) is 11.7 Å². The van der Waals surface area contributed by atoms with Crippen LogP contribution in [0.1, 0.15) is 17.7 Å². The lowest BCUT2D eigenvalue weighted by Crippen LogP contribution is -2.30. The van der Waals surface area contributed by atoms with Crippen LogP contribution < -0.4 is 11.3 Å². The van der Waals surface area contributed by atoms with Crippen molar-refractivity contribution in [3.63, 3.8) is 0 Å². The highest BCUT2D eigenvalue weighted by molar-refractivity contribution is 5.77. The zero-order valence-corrected chi connectivity index (χ0v) is 7.62. The van der Waals surface area contributed by atoms with Crippen LogP contribution in [0.2, 0.25) is 0 Å². The number of hydrogen-bond acceptors (Lipinski definition) is 3. The molecule has 2 rings (SSSR count). The number of hydrogen-bond donors (Lipinski definition) is 2. The smallest absolute Gasteiger partial charge is 0.264 e. The Kier molecular flexibility index (Phi) is 2.07. The largest absolute Gasteiger partial charge is 0.369 e. The molecule has 0 radical (unpaired) electrons. The van der Waals surface area contributed by atoms with Gasteiger partial charge in [-0.05, 0) is 24.8 Å². The van der Waals surface area contributed by atoms with Crippen LogP contribution in [0.15, 0.2) is 10.9 Å². The van der Waals surface area contributed by atoms with Gasteiger partial charge >= 0.3 is 0 Å². The molecule has 5 nitrogen and oxygen atoms in total. The maximum atomic E-state index is 11.0. The van der Waals surface area contributed by atoms with E-state index in [1.54, 1.807) is 0 Å². The van der Waals surface area contributed by atoms with Crippen molar-refractivity contribution in [1.82, 2.24) is 10.2 Å². The van der Waals surface area contributed by atoms with E-state index in [0.29, 0.717) is 12.8 Å². The number of nitrogens with one attached hydrogen (secondary N) is 1. The van der Waals surface area contributed by atoms with E-state index in [9.17, 15) is 9.59 Å². The summed E-state index contributed by atoms with van der Waals surface area (Å²) in [5, 5.41) is 6.30. The van der Waals surface area contributed by atoms with Gasteiger partial charge in [-0.15, -0.1) is 0 Å². The molecule has 0 bridgehead atoms. The first-order valence-corrected chi connectivity index (χ1v) is 4.53. The Bertz CT molecular complexity index is 424. The Morgan fingerprint density at radius 2 is 2.43 bits per heavy atom. The number of primary amides is 1. The average Bonchev–Trinajstić information content (AvgIpc) is 2.16. The number of fused-ring (bicyclic) bond motifs is 1. The Hall–Kier alpha value is -1.65. The van der Waals surface area contributed by atoms with Crippen LogP contribution in [0.25, 0.3) is 0 Å². The summed E-state index contributed by atoms with van der Waals surface area (Å²) >= 11 is 0. The Morgan fingerprint density at radius 3 is 3.14 bits per heavy atom. The second kappa shape index (κ2) is 3.25. The molecule has 14 heavy (non-hydrogen) atoms. The second-order valence-electron chi connectivity index (χ2n) is 3.55. The van der Waals surface area contributed by atoms with Crippen molar-refractivity contribution in [3.05, 3.63) is 27.7 Å². The highest BCUT2D eigenvalue weighted by atomic mass is 16.1. The van der Waals surface area contributed by atoms with Gasteiger partial charge in [-0.1, -0.05) is 0 Å². The van der Waals surface area contributed by atoms with E-state index in [-0.39, 0.29) is 17.4 Å². The zero-order valence-electron chi connectivity index (χ0n) is 7.62. The molecule has 0 aliphatic heterocycles. The summed E-state index contributed by atoms with van der Waals surface area (Å²) in [6.07, 6.45) is 1.97. The quantitative estimate of drug-likeness (QED) is 0.621. The van der Waals surface area contributed by atoms with Crippen LogP contribution in [0.4, 0.5) is 0 Å². The molecule has 0 aromatic carbocycles. The number of nitrogens with two attached hydrogens (primary N) is 1. The van der Waals surface area contributed by atoms with E-state index in [2.05, 4.69) is 10.2 Å². The molecule has 1 amide bonds. The minimum atomic E-state index is -0.295. The summed E-state index contributed by atoms with van der Waals surface area (Å²) in [5.74, 6) is -0.443. The molecule has 0 spiro atoms. The zero-order chi connectivity index (χ0) is 10.1. The van der Waals surface area contributed by atoms with Crippen molar-refractivity contribution in [1.29, 1.82) is 0 Å². The Balaban J connectivity index is 2.33. The predicted octanol–water partition coefficient (Wildman–Crippen LogP) is -0.640. The number of aromatic amines is 1. The number of amides is 1. The molecule has 1 aromatic heterocycles. The van der Waals surface area contributed by atoms with E-state index in [4.69, 9.17) is 5.73 Å². The SMILES string of the molecule is NC(=O)[C@H]1CCc2n[nH]c(=O)cc2C1. The summed E-state index contributed by atoms with van der Waals surface area (Å²) in [7, 11) is 0. The van der Waals surface area contributed by atoms with Crippen molar-refractivity contribution >= 4 is 5.91 Å². The summed E-state index contributed by atoms with van der Waals surface area (Å²) in [6.45, 7) is 0. The second-order valence-corrected chi connectivity index (χ2v) is 3.55. The molecule has 1 aromatic rings. The first kappa shape index (κ1) is 8.93. The van der Waals surface area contributed by atoms with Crippen molar-refractivity contribution in [2.45, 2.75) is 19.3 Å². The topological polar surface area (TPSA) is 88.8 Å². The summed E-state index contributed by atoms with van der Waals surface area (Å²) in [6, 6.07) is 1.50. The molecule has 1 atom stereocenters. The monoisotopic (exact) mass is 193 g/mol. The van der Waals surface area contributed by atoms with Gasteiger partial charge in [0.15, 0.2) is 0 Å². The predicted molar refractivity (Wildman–Crippen MR) is 49.6 cm³/mol. The molecular weight excluding hydrogens is 182 g/mol. The molecule has 74 valence electrons. The van der Waals surface area contributed by atoms with Crippen LogP contribution in [0, 0.1) is 5.92 Å². The summed E-state index contributed by atoms with van der Waals surface area (Å²) < 4.78 is 0. The Morgan fingerprint density at radius 1 is 1.64 bits per heavy atom. The number of rotatable bonds is 1. The van der Waals surface area contributed by atoms with Gasteiger partial charge < -0.3 is 5.73 Å². The van der Waals surface area contributed by atoms with E-state index < -0.39 is 0 Å². The van der Waals surface area contributed by atoms with Gasteiger partial charge in [-0.2, -0.15) is 5.10 Å². The minimum Gasteiger partial charge on any atom is -0.369 e. The standard InChI is InChI=1S/C9H11N3O2/c10-9(14)5-1-2-7-6(3-5)4-8(13)12-11-7/h4-5H,1-3H2,(H2,10,14)(H,12,13)/t5-/m0/s1. The fraction of sp³-hybridized carbons (Fsp3) is 0.444. The number of carbonyl (C=O) groups excluding carboxylic acids is 1. The molecule has 1 aliphatic carbocycles. The van der Waals surface area contributed by atoms with Crippen molar-refractivity contribution in [2.75, 3.05) is 0 Å². The molecule has 0 fully saturated rings. The summed E-state index contributed by atoms with van der Waals surface area (Å²) in [4.78, 5) is 21.9. The number of carbonyl (C=O) groups is 1. The van der Waals surface area contributed by atoms with Gasteiger partial charge in [0.2, 0.25) is 5.91 Å². The first-order valence-electron chi connectivity index (χ1n) is 4.53. The summed E-state index contributed by atoms with van der Waals surface area (Å²) in [5.41, 5.74) is 6.72. The lowest BCUT2D eigenvalue weighted by molar-refractivity contribution is -0.122. The number of H-pyrrole nitrogens is 1. The van der Waals surface area contributed by atoms with Gasteiger partial charge in [0.05, 0.1) is 5.69 Å². The molecule has 3 N–H and O–H groups in total. The molecule has 0 unspecified atom stereocenters. The lowest BCUT2D eigenvalue weighted by Gasteiger charge is -2.20. The van der Waals surface area contributed by atoms with E-state index >= 15 is 0 Å². The Labute approximate surface area is 80.3 Å². The van der Waals surface area contributed by atoms with Gasteiger partial charge in [0, 0.05) is 12.0 Å². The van der Waals surface area contributed by atoms with Gasteiger partial charge in [-0.3, -0.25) is 9.59 Å². The third-order valence-corrected chi connectivity index (χ3v) is 2.58. The maximum absolute atomic E-state index is 11.0. The number of nitrogens with zero attached hydrogens (tertiary/aromatic N) is 1. The third-order valence-electron chi connectivity index (χ3n) is 2.58. The molecular formula is C9H11N3O2. The normalized spacial score (nSPS) is 20.1. The van der Waals surface area contributed by atoms with Gasteiger partial charge in [-0.25, -0.2) is 5.10 Å². The van der Waals surface area contributed by atoms with Crippen LogP contribution in [-0.4, -0.2) is 16.1 Å². The average molecular weight is 193 g/mol. The minimum absolute atomic E-state index is 0.147. The highest BCUT2D eigenvalue weighted by Crippen LogP contribution is 2.21. The van der Waals surface area contributed by atoms with Crippen molar-refractivity contribution < 1.29 is 4.79 Å². The highest BCUT2D eigenvalue weighted by Gasteiger charge is 2.23. The number of aromatic nitrogens is 2. The number of aryl methyl sites for hydroxylation is 1. The van der Waals surface area contributed by atoms with Crippen LogP contribution >= 0.6 is 0 Å². The van der Waals surface area contributed by atoms with E-state index in [1.807, 2.05) is 0 Å². The third kappa shape index (κ3) is 1.53. The van der Waals surface area contributed by atoms with Gasteiger partial charge in [0.1, 0.15) is 0 Å². The fourth-order valence-corrected chi connectivity index (χ4v) is 1.78. The van der Waals surface area contributed by atoms with Gasteiger partial charge in [0.25, 0.3) is 5.56 Å².